The van der Waals surface area contributed by atoms with Crippen LogP contribution in [0, 0.1) is 0 Å². The minimum atomic E-state index is -0.634. The van der Waals surface area contributed by atoms with Gasteiger partial charge >= 0.3 is 0 Å². The average Bonchev–Trinajstić information content (AvgIpc) is 2.66. The lowest BCUT2D eigenvalue weighted by Crippen LogP contribution is -2.23. The first-order valence-corrected chi connectivity index (χ1v) is 7.15. The molecule has 0 aliphatic heterocycles. The molecule has 4 heteroatoms. The first-order valence-electron chi connectivity index (χ1n) is 4.78. The first-order chi connectivity index (χ1) is 6.72. The lowest BCUT2D eigenvalue weighted by Gasteiger charge is -2.14. The zero-order chi connectivity index (χ0) is 10.4. The van der Waals surface area contributed by atoms with Gasteiger partial charge in [0.1, 0.15) is 0 Å². The van der Waals surface area contributed by atoms with Gasteiger partial charge < -0.3 is 4.90 Å². The summed E-state index contributed by atoms with van der Waals surface area (Å²) in [7, 11) is 1.44. The second kappa shape index (κ2) is 6.32. The molecule has 0 spiro atoms. The maximum absolute atomic E-state index is 11.2. The van der Waals surface area contributed by atoms with Crippen LogP contribution in [0.3, 0.4) is 0 Å². The second-order valence-corrected chi connectivity index (χ2v) is 6.15. The Bertz CT molecular complexity index is 272. The van der Waals surface area contributed by atoms with Crippen LogP contribution >= 0.6 is 11.3 Å². The Morgan fingerprint density at radius 3 is 2.93 bits per heavy atom. The minimum Gasteiger partial charge on any atom is -0.300 e. The third-order valence-electron chi connectivity index (χ3n) is 2.03. The third-order valence-corrected chi connectivity index (χ3v) is 4.17. The number of hydrogen-bond acceptors (Lipinski definition) is 3. The summed E-state index contributed by atoms with van der Waals surface area (Å²) in [4.78, 5) is 3.59. The van der Waals surface area contributed by atoms with Gasteiger partial charge in [0, 0.05) is 40.3 Å². The zero-order valence-corrected chi connectivity index (χ0v) is 10.4. The van der Waals surface area contributed by atoms with Crippen molar-refractivity contribution in [1.82, 2.24) is 4.90 Å². The van der Waals surface area contributed by atoms with E-state index in [9.17, 15) is 4.21 Å². The van der Waals surface area contributed by atoms with Crippen LogP contribution in [0.5, 0.6) is 0 Å². The van der Waals surface area contributed by atoms with Crippen LogP contribution in [0.15, 0.2) is 17.5 Å². The molecular formula is C10H17NOS2. The van der Waals surface area contributed by atoms with Gasteiger partial charge in [0.05, 0.1) is 0 Å². The highest BCUT2D eigenvalue weighted by Crippen LogP contribution is 2.10. The van der Waals surface area contributed by atoms with Gasteiger partial charge in [0.2, 0.25) is 0 Å². The van der Waals surface area contributed by atoms with E-state index in [1.165, 1.54) is 4.88 Å². The standard InChI is InChI=1S/C10H17NOS2/c1-3-14(12)8-6-11(2)9-10-5-4-7-13-10/h4-5,7H,3,6,8-9H2,1-2H3. The monoisotopic (exact) mass is 231 g/mol. The van der Waals surface area contributed by atoms with E-state index in [-0.39, 0.29) is 0 Å². The van der Waals surface area contributed by atoms with Gasteiger partial charge in [-0.1, -0.05) is 13.0 Å². The number of rotatable bonds is 6. The molecule has 1 atom stereocenters. The van der Waals surface area contributed by atoms with Crippen LogP contribution in [-0.4, -0.2) is 34.2 Å². The van der Waals surface area contributed by atoms with Crippen molar-refractivity contribution in [2.75, 3.05) is 25.1 Å². The van der Waals surface area contributed by atoms with Crippen LogP contribution in [0.4, 0.5) is 0 Å². The van der Waals surface area contributed by atoms with Gasteiger partial charge in [-0.25, -0.2) is 0 Å². The SMILES string of the molecule is CCS(=O)CCN(C)Cc1cccs1. The predicted molar refractivity (Wildman–Crippen MR) is 64.2 cm³/mol. The topological polar surface area (TPSA) is 20.3 Å². The second-order valence-electron chi connectivity index (χ2n) is 3.25. The summed E-state index contributed by atoms with van der Waals surface area (Å²) in [5, 5.41) is 2.09. The summed E-state index contributed by atoms with van der Waals surface area (Å²) in [5.74, 6) is 1.56. The molecule has 2 nitrogen and oxygen atoms in total. The summed E-state index contributed by atoms with van der Waals surface area (Å²) < 4.78 is 11.2. The van der Waals surface area contributed by atoms with Crippen molar-refractivity contribution < 1.29 is 4.21 Å². The van der Waals surface area contributed by atoms with Gasteiger partial charge in [0.25, 0.3) is 0 Å². The van der Waals surface area contributed by atoms with Crippen LogP contribution in [0.1, 0.15) is 11.8 Å². The summed E-state index contributed by atoms with van der Waals surface area (Å²) in [6.07, 6.45) is 0. The molecule has 0 aliphatic rings. The molecule has 0 saturated carbocycles. The average molecular weight is 231 g/mol. The van der Waals surface area contributed by atoms with Crippen molar-refractivity contribution >= 4 is 22.1 Å². The van der Waals surface area contributed by atoms with Gasteiger partial charge in [-0.15, -0.1) is 11.3 Å². The maximum atomic E-state index is 11.2. The summed E-state index contributed by atoms with van der Waals surface area (Å²) >= 11 is 1.77. The highest BCUT2D eigenvalue weighted by atomic mass is 32.2. The van der Waals surface area contributed by atoms with Crippen LogP contribution in [-0.2, 0) is 17.3 Å². The normalized spacial score (nSPS) is 13.4. The maximum Gasteiger partial charge on any atom is 0.0362 e. The van der Waals surface area contributed by atoms with E-state index in [1.807, 2.05) is 6.92 Å². The van der Waals surface area contributed by atoms with Crippen molar-refractivity contribution in [3.63, 3.8) is 0 Å². The van der Waals surface area contributed by atoms with Crippen molar-refractivity contribution in [2.24, 2.45) is 0 Å². The Hall–Kier alpha value is -0.190. The molecule has 1 unspecified atom stereocenters. The van der Waals surface area contributed by atoms with E-state index in [4.69, 9.17) is 0 Å². The van der Waals surface area contributed by atoms with E-state index < -0.39 is 10.8 Å². The summed E-state index contributed by atoms with van der Waals surface area (Å²) in [6, 6.07) is 4.20. The molecule has 0 saturated heterocycles. The molecule has 1 heterocycles. The summed E-state index contributed by atoms with van der Waals surface area (Å²) in [5.41, 5.74) is 0. The van der Waals surface area contributed by atoms with E-state index >= 15 is 0 Å². The molecule has 80 valence electrons. The molecule has 1 aromatic rings. The fraction of sp³-hybridized carbons (Fsp3) is 0.600. The Kier molecular flexibility index (Phi) is 5.37. The Morgan fingerprint density at radius 2 is 2.36 bits per heavy atom. The first kappa shape index (κ1) is 11.9. The van der Waals surface area contributed by atoms with Crippen molar-refractivity contribution in [3.05, 3.63) is 22.4 Å². The van der Waals surface area contributed by atoms with E-state index in [2.05, 4.69) is 29.5 Å². The lowest BCUT2D eigenvalue weighted by atomic mass is 10.4. The molecule has 0 aromatic carbocycles. The quantitative estimate of drug-likeness (QED) is 0.746. The third kappa shape index (κ3) is 4.35. The van der Waals surface area contributed by atoms with Crippen molar-refractivity contribution in [2.45, 2.75) is 13.5 Å². The molecule has 0 radical (unpaired) electrons. The Balaban J connectivity index is 2.22. The Labute approximate surface area is 92.4 Å². The van der Waals surface area contributed by atoms with Gasteiger partial charge in [-0.05, 0) is 18.5 Å². The minimum absolute atomic E-state index is 0.634. The zero-order valence-electron chi connectivity index (χ0n) is 8.73. The van der Waals surface area contributed by atoms with Crippen LogP contribution in [0.2, 0.25) is 0 Å². The fourth-order valence-corrected chi connectivity index (χ4v) is 2.74. The molecule has 0 amide bonds. The van der Waals surface area contributed by atoms with Crippen molar-refractivity contribution in [1.29, 1.82) is 0 Å². The molecule has 1 aromatic heterocycles. The molecule has 0 bridgehead atoms. The molecule has 0 aliphatic carbocycles. The van der Waals surface area contributed by atoms with Gasteiger partial charge in [0.15, 0.2) is 0 Å². The van der Waals surface area contributed by atoms with Crippen LogP contribution in [0.25, 0.3) is 0 Å². The highest BCUT2D eigenvalue weighted by molar-refractivity contribution is 7.84. The number of nitrogens with zero attached hydrogens (tertiary/aromatic N) is 1. The largest absolute Gasteiger partial charge is 0.300 e. The molecule has 1 rings (SSSR count). The highest BCUT2D eigenvalue weighted by Gasteiger charge is 2.02. The van der Waals surface area contributed by atoms with Gasteiger partial charge in [-0.3, -0.25) is 4.21 Å². The van der Waals surface area contributed by atoms with Crippen LogP contribution < -0.4 is 0 Å². The van der Waals surface area contributed by atoms with E-state index in [0.29, 0.717) is 0 Å². The molecule has 0 fully saturated rings. The molecule has 0 N–H and O–H groups in total. The summed E-state index contributed by atoms with van der Waals surface area (Å²) in [6.45, 7) is 3.85. The van der Waals surface area contributed by atoms with E-state index in [1.54, 1.807) is 11.3 Å². The molecule has 14 heavy (non-hydrogen) atoms. The number of hydrogen-bond donors (Lipinski definition) is 0. The lowest BCUT2D eigenvalue weighted by molar-refractivity contribution is 0.351. The predicted octanol–water partition coefficient (Wildman–Crippen LogP) is 1.95. The molecular weight excluding hydrogens is 214 g/mol. The van der Waals surface area contributed by atoms with E-state index in [0.717, 1.165) is 24.6 Å². The number of thiophene rings is 1. The fourth-order valence-electron chi connectivity index (χ4n) is 1.15. The smallest absolute Gasteiger partial charge is 0.0362 e. The van der Waals surface area contributed by atoms with Gasteiger partial charge in [-0.2, -0.15) is 0 Å². The van der Waals surface area contributed by atoms with Crippen molar-refractivity contribution in [3.8, 4) is 0 Å². The Morgan fingerprint density at radius 1 is 1.57 bits per heavy atom.